The van der Waals surface area contributed by atoms with Gasteiger partial charge in [-0.15, -0.1) is 0 Å². The molecule has 1 N–H and O–H groups in total. The van der Waals surface area contributed by atoms with Crippen LogP contribution >= 0.6 is 0 Å². The van der Waals surface area contributed by atoms with Gasteiger partial charge >= 0.3 is 0 Å². The summed E-state index contributed by atoms with van der Waals surface area (Å²) in [6.07, 6.45) is 0.0755. The molecular formula is C11H12FNO4S. The van der Waals surface area contributed by atoms with Gasteiger partial charge in [0.15, 0.2) is 9.84 Å². The van der Waals surface area contributed by atoms with Crippen LogP contribution in [-0.2, 0) is 14.6 Å². The highest BCUT2D eigenvalue weighted by atomic mass is 32.2. The highest BCUT2D eigenvalue weighted by molar-refractivity contribution is 7.90. The lowest BCUT2D eigenvalue weighted by Crippen LogP contribution is -2.26. The SMILES string of the molecule is CS(=O)(=O)c1ccc(F)c(N2CC(O)CC2=O)c1. The van der Waals surface area contributed by atoms with Gasteiger partial charge in [0.2, 0.25) is 5.91 Å². The van der Waals surface area contributed by atoms with Crippen molar-refractivity contribution < 1.29 is 22.7 Å². The molecule has 0 saturated carbocycles. The number of nitrogens with zero attached hydrogens (tertiary/aromatic N) is 1. The smallest absolute Gasteiger partial charge is 0.229 e. The Labute approximate surface area is 104 Å². The third-order valence-corrected chi connectivity index (χ3v) is 3.85. The summed E-state index contributed by atoms with van der Waals surface area (Å²) in [7, 11) is -3.47. The molecule has 0 spiro atoms. The van der Waals surface area contributed by atoms with Gasteiger partial charge in [0.05, 0.1) is 29.7 Å². The predicted octanol–water partition coefficient (Wildman–Crippen LogP) is 0.327. The molecule has 0 radical (unpaired) electrons. The predicted molar refractivity (Wildman–Crippen MR) is 62.5 cm³/mol. The number of carbonyl (C=O) groups is 1. The van der Waals surface area contributed by atoms with E-state index >= 15 is 0 Å². The van der Waals surface area contributed by atoms with Crippen LogP contribution in [0.15, 0.2) is 23.1 Å². The molecule has 1 heterocycles. The van der Waals surface area contributed by atoms with Gasteiger partial charge in [0, 0.05) is 6.26 Å². The lowest BCUT2D eigenvalue weighted by atomic mass is 10.3. The average Bonchev–Trinajstić information content (AvgIpc) is 2.56. The molecule has 1 aliphatic rings. The van der Waals surface area contributed by atoms with Gasteiger partial charge in [0.25, 0.3) is 0 Å². The lowest BCUT2D eigenvalue weighted by Gasteiger charge is -2.17. The molecule has 1 saturated heterocycles. The Morgan fingerprint density at radius 3 is 2.61 bits per heavy atom. The summed E-state index contributed by atoms with van der Waals surface area (Å²) in [5.74, 6) is -1.11. The Balaban J connectivity index is 2.48. The van der Waals surface area contributed by atoms with Gasteiger partial charge in [-0.05, 0) is 18.2 Å². The van der Waals surface area contributed by atoms with E-state index in [0.29, 0.717) is 0 Å². The highest BCUT2D eigenvalue weighted by Gasteiger charge is 2.31. The number of hydrogen-bond donors (Lipinski definition) is 1. The monoisotopic (exact) mass is 273 g/mol. The van der Waals surface area contributed by atoms with Crippen LogP contribution in [0.3, 0.4) is 0 Å². The van der Waals surface area contributed by atoms with Gasteiger partial charge in [0.1, 0.15) is 5.82 Å². The molecule has 0 bridgehead atoms. The van der Waals surface area contributed by atoms with Gasteiger partial charge in [-0.2, -0.15) is 0 Å². The molecule has 7 heteroatoms. The second-order valence-electron chi connectivity index (χ2n) is 4.25. The van der Waals surface area contributed by atoms with Crippen molar-refractivity contribution in [1.82, 2.24) is 0 Å². The Morgan fingerprint density at radius 2 is 2.11 bits per heavy atom. The number of aliphatic hydroxyl groups is 1. The maximum atomic E-state index is 13.6. The minimum atomic E-state index is -3.47. The summed E-state index contributed by atoms with van der Waals surface area (Å²) >= 11 is 0. The maximum absolute atomic E-state index is 13.6. The second-order valence-corrected chi connectivity index (χ2v) is 6.26. The number of benzene rings is 1. The molecule has 1 aromatic rings. The molecule has 1 atom stereocenters. The molecule has 98 valence electrons. The number of aliphatic hydroxyl groups excluding tert-OH is 1. The average molecular weight is 273 g/mol. The molecule has 2 rings (SSSR count). The van der Waals surface area contributed by atoms with Crippen LogP contribution < -0.4 is 4.90 Å². The summed E-state index contributed by atoms with van der Waals surface area (Å²) in [5, 5.41) is 9.35. The first-order chi connectivity index (χ1) is 8.29. The van der Waals surface area contributed by atoms with E-state index in [0.717, 1.165) is 29.4 Å². The number of carbonyl (C=O) groups excluding carboxylic acids is 1. The van der Waals surface area contributed by atoms with Crippen molar-refractivity contribution in [3.05, 3.63) is 24.0 Å². The number of halogens is 1. The number of amides is 1. The van der Waals surface area contributed by atoms with Crippen LogP contribution in [0.1, 0.15) is 6.42 Å². The van der Waals surface area contributed by atoms with E-state index < -0.39 is 27.7 Å². The number of anilines is 1. The van der Waals surface area contributed by atoms with Crippen molar-refractivity contribution in [3.63, 3.8) is 0 Å². The third kappa shape index (κ3) is 2.37. The van der Waals surface area contributed by atoms with E-state index in [1.54, 1.807) is 0 Å². The van der Waals surface area contributed by atoms with Crippen LogP contribution in [0.25, 0.3) is 0 Å². The van der Waals surface area contributed by atoms with Crippen molar-refractivity contribution >= 4 is 21.4 Å². The van der Waals surface area contributed by atoms with Crippen LogP contribution in [0, 0.1) is 5.82 Å². The summed E-state index contributed by atoms with van der Waals surface area (Å²) in [6, 6.07) is 3.26. The minimum absolute atomic E-state index is 0.0248. The largest absolute Gasteiger partial charge is 0.391 e. The van der Waals surface area contributed by atoms with Crippen molar-refractivity contribution in [2.75, 3.05) is 17.7 Å². The molecular weight excluding hydrogens is 261 g/mol. The Kier molecular flexibility index (Phi) is 3.12. The number of rotatable bonds is 2. The second kappa shape index (κ2) is 4.33. The molecule has 1 aromatic carbocycles. The molecule has 1 amide bonds. The summed E-state index contributed by atoms with van der Waals surface area (Å²) in [5.41, 5.74) is -0.112. The maximum Gasteiger partial charge on any atom is 0.229 e. The van der Waals surface area contributed by atoms with Crippen LogP contribution in [0.2, 0.25) is 0 Å². The van der Waals surface area contributed by atoms with Gasteiger partial charge in [-0.1, -0.05) is 0 Å². The third-order valence-electron chi connectivity index (χ3n) is 2.74. The number of hydrogen-bond acceptors (Lipinski definition) is 4. The molecule has 1 aliphatic heterocycles. The van der Waals surface area contributed by atoms with E-state index in [1.807, 2.05) is 0 Å². The van der Waals surface area contributed by atoms with Crippen molar-refractivity contribution in [2.24, 2.45) is 0 Å². The Bertz CT molecular complexity index is 599. The van der Waals surface area contributed by atoms with E-state index in [4.69, 9.17) is 0 Å². The molecule has 1 fully saturated rings. The molecule has 0 aromatic heterocycles. The fraction of sp³-hybridized carbons (Fsp3) is 0.364. The normalized spacial score (nSPS) is 20.5. The number of sulfone groups is 1. The van der Waals surface area contributed by atoms with Gasteiger partial charge in [-0.3, -0.25) is 4.79 Å². The van der Waals surface area contributed by atoms with Crippen LogP contribution in [-0.4, -0.2) is 38.3 Å². The fourth-order valence-electron chi connectivity index (χ4n) is 1.85. The first-order valence-corrected chi connectivity index (χ1v) is 7.16. The lowest BCUT2D eigenvalue weighted by molar-refractivity contribution is -0.117. The molecule has 1 unspecified atom stereocenters. The zero-order chi connectivity index (χ0) is 13.5. The van der Waals surface area contributed by atoms with E-state index in [-0.39, 0.29) is 23.5 Å². The van der Waals surface area contributed by atoms with Crippen LogP contribution in [0.5, 0.6) is 0 Å². The van der Waals surface area contributed by atoms with Crippen molar-refractivity contribution in [2.45, 2.75) is 17.4 Å². The van der Waals surface area contributed by atoms with Crippen molar-refractivity contribution in [1.29, 1.82) is 0 Å². The van der Waals surface area contributed by atoms with E-state index in [9.17, 15) is 22.7 Å². The Morgan fingerprint density at radius 1 is 1.44 bits per heavy atom. The summed E-state index contributed by atoms with van der Waals surface area (Å²) in [6.45, 7) is -0.0248. The Hall–Kier alpha value is -1.47. The minimum Gasteiger partial charge on any atom is -0.391 e. The zero-order valence-corrected chi connectivity index (χ0v) is 10.4. The first-order valence-electron chi connectivity index (χ1n) is 5.27. The first kappa shape index (κ1) is 13.0. The van der Waals surface area contributed by atoms with Gasteiger partial charge < -0.3 is 10.0 Å². The van der Waals surface area contributed by atoms with Crippen LogP contribution in [0.4, 0.5) is 10.1 Å². The summed E-state index contributed by atoms with van der Waals surface area (Å²) < 4.78 is 36.4. The number of β-amino-alcohol motifs (C(OH)–C–C–N with tert-alkyl or cyclic N) is 1. The van der Waals surface area contributed by atoms with Gasteiger partial charge in [-0.25, -0.2) is 12.8 Å². The standard InChI is InChI=1S/C11H12FNO4S/c1-18(16,17)8-2-3-9(12)10(5-8)13-6-7(14)4-11(13)15/h2-3,5,7,14H,4,6H2,1H3. The molecule has 5 nitrogen and oxygen atoms in total. The quantitative estimate of drug-likeness (QED) is 0.788. The van der Waals surface area contributed by atoms with Crippen molar-refractivity contribution in [3.8, 4) is 0 Å². The van der Waals surface area contributed by atoms with E-state index in [1.165, 1.54) is 0 Å². The topological polar surface area (TPSA) is 74.7 Å². The van der Waals surface area contributed by atoms with E-state index in [2.05, 4.69) is 0 Å². The molecule has 18 heavy (non-hydrogen) atoms. The highest BCUT2D eigenvalue weighted by Crippen LogP contribution is 2.27. The fourth-order valence-corrected chi connectivity index (χ4v) is 2.49. The zero-order valence-electron chi connectivity index (χ0n) is 9.63. The molecule has 0 aliphatic carbocycles. The summed E-state index contributed by atoms with van der Waals surface area (Å²) in [4.78, 5) is 12.6.